The molecule has 3 aromatic rings. The van der Waals surface area contributed by atoms with E-state index in [1.807, 2.05) is 13.0 Å². The minimum Gasteiger partial charge on any atom is -0.415 e. The first-order chi connectivity index (χ1) is 21.9. The van der Waals surface area contributed by atoms with Crippen LogP contribution >= 0.6 is 0 Å². The molecule has 0 radical (unpaired) electrons. The van der Waals surface area contributed by atoms with Gasteiger partial charge in [0, 0.05) is 59.9 Å². The summed E-state index contributed by atoms with van der Waals surface area (Å²) in [6, 6.07) is 9.40. The smallest absolute Gasteiger partial charge is 0.415 e. The van der Waals surface area contributed by atoms with Crippen LogP contribution in [0.1, 0.15) is 67.7 Å². The molecule has 12 heteroatoms. The van der Waals surface area contributed by atoms with Crippen molar-refractivity contribution in [2.24, 2.45) is 5.92 Å². The van der Waals surface area contributed by atoms with Gasteiger partial charge in [-0.05, 0) is 79.4 Å². The van der Waals surface area contributed by atoms with Gasteiger partial charge < -0.3 is 14.5 Å². The highest BCUT2D eigenvalue weighted by atomic mass is 28.4. The number of carbonyl (C=O) groups is 2. The van der Waals surface area contributed by atoms with Crippen molar-refractivity contribution in [1.29, 1.82) is 0 Å². The summed E-state index contributed by atoms with van der Waals surface area (Å²) in [5, 5.41) is 2.76. The van der Waals surface area contributed by atoms with Crippen LogP contribution in [0.2, 0.25) is 18.1 Å². The highest BCUT2D eigenvalue weighted by molar-refractivity contribution is 6.74. The van der Waals surface area contributed by atoms with E-state index in [0.717, 1.165) is 34.5 Å². The van der Waals surface area contributed by atoms with Gasteiger partial charge in [0.1, 0.15) is 11.5 Å². The Hall–Kier alpha value is -3.61. The molecule has 252 valence electrons. The van der Waals surface area contributed by atoms with E-state index < -0.39 is 31.5 Å². The minimum absolute atomic E-state index is 0.0373. The van der Waals surface area contributed by atoms with Gasteiger partial charge >= 0.3 is 6.18 Å². The summed E-state index contributed by atoms with van der Waals surface area (Å²) in [4.78, 5) is 37.0. The van der Waals surface area contributed by atoms with E-state index in [9.17, 15) is 22.8 Å². The van der Waals surface area contributed by atoms with Gasteiger partial charge in [0.25, 0.3) is 5.91 Å². The van der Waals surface area contributed by atoms with Crippen molar-refractivity contribution in [2.45, 2.75) is 77.2 Å². The number of benzene rings is 1. The number of halogens is 3. The molecule has 2 aliphatic rings. The number of carbonyl (C=O) groups excluding carboxylic acids is 2. The zero-order valence-corrected chi connectivity index (χ0v) is 29.0. The Labute approximate surface area is 275 Å². The molecule has 2 aromatic heterocycles. The van der Waals surface area contributed by atoms with Crippen molar-refractivity contribution in [3.05, 3.63) is 71.2 Å². The van der Waals surface area contributed by atoms with Crippen LogP contribution < -0.4 is 10.2 Å². The number of hydrogen-bond donors (Lipinski definition) is 1. The average Bonchev–Trinajstić information content (AvgIpc) is 3.21. The van der Waals surface area contributed by atoms with E-state index in [2.05, 4.69) is 57.2 Å². The highest BCUT2D eigenvalue weighted by Gasteiger charge is 2.50. The van der Waals surface area contributed by atoms with Crippen LogP contribution in [-0.4, -0.2) is 56.5 Å². The van der Waals surface area contributed by atoms with Gasteiger partial charge in [-0.2, -0.15) is 13.2 Å². The lowest BCUT2D eigenvalue weighted by atomic mass is 9.66. The number of hydrogen-bond acceptors (Lipinski definition) is 6. The maximum atomic E-state index is 14.1. The van der Waals surface area contributed by atoms with E-state index in [1.165, 1.54) is 6.07 Å². The normalized spacial score (nSPS) is 20.3. The summed E-state index contributed by atoms with van der Waals surface area (Å²) in [5.41, 5.74) is 2.13. The first kappa shape index (κ1) is 34.7. The maximum Gasteiger partial charge on any atom is 0.433 e. The molecular formula is C35H43F3N4O4Si. The second kappa shape index (κ2) is 12.8. The summed E-state index contributed by atoms with van der Waals surface area (Å²) in [6.07, 6.45) is -0.695. The quantitative estimate of drug-likeness (QED) is 0.259. The number of anilines is 2. The first-order valence-corrected chi connectivity index (χ1v) is 18.8. The number of amides is 2. The van der Waals surface area contributed by atoms with Gasteiger partial charge in [0.05, 0.1) is 12.5 Å². The Morgan fingerprint density at radius 3 is 2.57 bits per heavy atom. The third-order valence-corrected chi connectivity index (χ3v) is 14.6. The Morgan fingerprint density at radius 1 is 1.13 bits per heavy atom. The van der Waals surface area contributed by atoms with Crippen LogP contribution in [0, 0.1) is 12.8 Å². The molecule has 5 rings (SSSR count). The molecule has 2 atom stereocenters. The van der Waals surface area contributed by atoms with Crippen molar-refractivity contribution < 1.29 is 31.9 Å². The zero-order chi connectivity index (χ0) is 34.4. The number of nitrogens with zero attached hydrogens (tertiary/aromatic N) is 3. The van der Waals surface area contributed by atoms with E-state index >= 15 is 0 Å². The van der Waals surface area contributed by atoms with Gasteiger partial charge in [-0.25, -0.2) is 4.98 Å². The van der Waals surface area contributed by atoms with Gasteiger partial charge in [-0.3, -0.25) is 19.5 Å². The van der Waals surface area contributed by atoms with Crippen molar-refractivity contribution >= 4 is 31.6 Å². The van der Waals surface area contributed by atoms with Crippen LogP contribution in [0.4, 0.5) is 24.7 Å². The van der Waals surface area contributed by atoms with Gasteiger partial charge in [0.2, 0.25) is 5.91 Å². The molecule has 8 nitrogen and oxygen atoms in total. The topological polar surface area (TPSA) is 93.7 Å². The lowest BCUT2D eigenvalue weighted by Crippen LogP contribution is -2.53. The van der Waals surface area contributed by atoms with Crippen LogP contribution in [0.25, 0.3) is 11.1 Å². The SMILES string of the molecule is Cc1ccc(NC(=O)c2ccnc(C(F)(F)F)c2)cc1-c1cnc2c(c1)[C@@]1(C)CCOCC[C@@H]1C(=O)N2CCO[Si](C)(C)C(C)(C)C. The van der Waals surface area contributed by atoms with Gasteiger partial charge in [-0.15, -0.1) is 0 Å². The fourth-order valence-electron chi connectivity index (χ4n) is 6.10. The molecule has 0 saturated carbocycles. The first-order valence-electron chi connectivity index (χ1n) is 15.9. The zero-order valence-electron chi connectivity index (χ0n) is 28.0. The van der Waals surface area contributed by atoms with E-state index in [1.54, 1.807) is 23.2 Å². The molecular weight excluding hydrogens is 625 g/mol. The Kier molecular flexibility index (Phi) is 9.44. The number of fused-ring (bicyclic) bond motifs is 3. The molecule has 2 aliphatic heterocycles. The van der Waals surface area contributed by atoms with Crippen LogP contribution in [-0.2, 0) is 25.5 Å². The summed E-state index contributed by atoms with van der Waals surface area (Å²) < 4.78 is 51.8. The second-order valence-electron chi connectivity index (χ2n) is 14.2. The molecule has 1 N–H and O–H groups in total. The summed E-state index contributed by atoms with van der Waals surface area (Å²) in [7, 11) is -2.03. The number of ether oxygens (including phenoxy) is 1. The monoisotopic (exact) mass is 668 g/mol. The lowest BCUT2D eigenvalue weighted by Gasteiger charge is -2.45. The number of aromatic nitrogens is 2. The Morgan fingerprint density at radius 2 is 1.87 bits per heavy atom. The Balaban J connectivity index is 1.48. The van der Waals surface area contributed by atoms with Gasteiger partial charge in [0.15, 0.2) is 8.32 Å². The fourth-order valence-corrected chi connectivity index (χ4v) is 7.13. The largest absolute Gasteiger partial charge is 0.433 e. The molecule has 4 heterocycles. The average molecular weight is 669 g/mol. The molecule has 0 aliphatic carbocycles. The molecule has 0 bridgehead atoms. The molecule has 1 fully saturated rings. The number of nitrogens with one attached hydrogen (secondary N) is 1. The van der Waals surface area contributed by atoms with Crippen LogP contribution in [0.15, 0.2) is 48.8 Å². The second-order valence-corrected chi connectivity index (χ2v) is 19.0. The molecule has 0 unspecified atom stereocenters. The molecule has 1 saturated heterocycles. The number of aryl methyl sites for hydroxylation is 1. The predicted octanol–water partition coefficient (Wildman–Crippen LogP) is 7.78. The van der Waals surface area contributed by atoms with E-state index in [-0.39, 0.29) is 22.4 Å². The van der Waals surface area contributed by atoms with Crippen molar-refractivity contribution in [3.63, 3.8) is 0 Å². The molecule has 2 amide bonds. The van der Waals surface area contributed by atoms with E-state index in [4.69, 9.17) is 14.1 Å². The molecule has 0 spiro atoms. The van der Waals surface area contributed by atoms with Crippen molar-refractivity contribution in [2.75, 3.05) is 36.6 Å². The standard InChI is InChI=1S/C35H43F3N4O4Si/c1-22-8-9-25(41-31(43)23-10-13-39-29(19-23)35(36,37)38)20-26(22)24-18-28-30(40-21-24)42(14-17-46-47(6,7)33(2,3)4)32(44)27-11-15-45-16-12-34(27,28)5/h8-10,13,18-21,27H,11-12,14-17H2,1-7H3,(H,41,43)/t27-,34+/m1/s1. The van der Waals surface area contributed by atoms with Crippen LogP contribution in [0.3, 0.4) is 0 Å². The Bertz CT molecular complexity index is 1670. The summed E-state index contributed by atoms with van der Waals surface area (Å²) in [6.45, 7) is 16.8. The third kappa shape index (κ3) is 7.00. The number of alkyl halides is 3. The van der Waals surface area contributed by atoms with Crippen molar-refractivity contribution in [1.82, 2.24) is 9.97 Å². The van der Waals surface area contributed by atoms with Crippen LogP contribution in [0.5, 0.6) is 0 Å². The molecule has 47 heavy (non-hydrogen) atoms. The summed E-state index contributed by atoms with van der Waals surface area (Å²) in [5.74, 6) is -0.302. The van der Waals surface area contributed by atoms with Crippen molar-refractivity contribution in [3.8, 4) is 11.1 Å². The fraction of sp³-hybridized carbons (Fsp3) is 0.486. The highest BCUT2D eigenvalue weighted by Crippen LogP contribution is 2.49. The summed E-state index contributed by atoms with van der Waals surface area (Å²) >= 11 is 0. The van der Waals surface area contributed by atoms with E-state index in [0.29, 0.717) is 50.7 Å². The van der Waals surface area contributed by atoms with Gasteiger partial charge in [-0.1, -0.05) is 33.8 Å². The number of pyridine rings is 2. The lowest BCUT2D eigenvalue weighted by molar-refractivity contribution is -0.141. The minimum atomic E-state index is -4.66. The number of rotatable bonds is 7. The maximum absolute atomic E-state index is 14.1. The third-order valence-electron chi connectivity index (χ3n) is 10.1. The molecule has 1 aromatic carbocycles. The predicted molar refractivity (Wildman–Crippen MR) is 178 cm³/mol.